The van der Waals surface area contributed by atoms with E-state index in [1.54, 1.807) is 0 Å². The van der Waals surface area contributed by atoms with Crippen molar-refractivity contribution in [3.8, 4) is 0 Å². The van der Waals surface area contributed by atoms with Crippen LogP contribution in [-0.4, -0.2) is 24.0 Å². The Morgan fingerprint density at radius 3 is 2.15 bits per heavy atom. The Labute approximate surface area is 83.5 Å². The minimum atomic E-state index is 0.399. The van der Waals surface area contributed by atoms with E-state index in [9.17, 15) is 0 Å². The molecular formula is C12H25N. The van der Waals surface area contributed by atoms with Gasteiger partial charge in [-0.3, -0.25) is 0 Å². The molecule has 0 bridgehead atoms. The topological polar surface area (TPSA) is 3.24 Å². The molecule has 0 aromatic carbocycles. The SMILES string of the molecule is CN1CCC(C(C)(C)C)CC1(C)C. The second-order valence-corrected chi connectivity index (χ2v) is 6.29. The Bertz CT molecular complexity index is 176. The number of hydrogen-bond acceptors (Lipinski definition) is 1. The number of likely N-dealkylation sites (tertiary alicyclic amines) is 1. The van der Waals surface area contributed by atoms with Crippen molar-refractivity contribution in [1.29, 1.82) is 0 Å². The number of rotatable bonds is 0. The molecule has 1 atom stereocenters. The molecule has 0 amide bonds. The molecule has 0 aromatic heterocycles. The zero-order chi connectivity index (χ0) is 10.3. The molecule has 1 heteroatoms. The fraction of sp³-hybridized carbons (Fsp3) is 1.00. The molecule has 0 radical (unpaired) electrons. The van der Waals surface area contributed by atoms with Gasteiger partial charge in [-0.15, -0.1) is 0 Å². The van der Waals surface area contributed by atoms with E-state index in [0.717, 1.165) is 5.92 Å². The molecule has 78 valence electrons. The van der Waals surface area contributed by atoms with Crippen molar-refractivity contribution < 1.29 is 0 Å². The Kier molecular flexibility index (Phi) is 2.78. The highest BCUT2D eigenvalue weighted by atomic mass is 15.2. The molecule has 1 fully saturated rings. The van der Waals surface area contributed by atoms with Crippen molar-refractivity contribution in [3.63, 3.8) is 0 Å². The smallest absolute Gasteiger partial charge is 0.0153 e. The summed E-state index contributed by atoms with van der Waals surface area (Å²) in [5, 5.41) is 0. The van der Waals surface area contributed by atoms with Gasteiger partial charge in [0, 0.05) is 5.54 Å². The van der Waals surface area contributed by atoms with Gasteiger partial charge in [-0.1, -0.05) is 20.8 Å². The largest absolute Gasteiger partial charge is 0.301 e. The van der Waals surface area contributed by atoms with Gasteiger partial charge in [0.2, 0.25) is 0 Å². The lowest BCUT2D eigenvalue weighted by atomic mass is 9.70. The lowest BCUT2D eigenvalue weighted by Crippen LogP contribution is -2.49. The monoisotopic (exact) mass is 183 g/mol. The summed E-state index contributed by atoms with van der Waals surface area (Å²) in [6.45, 7) is 13.1. The molecule has 0 saturated carbocycles. The quantitative estimate of drug-likeness (QED) is 0.557. The molecule has 1 rings (SSSR count). The van der Waals surface area contributed by atoms with Gasteiger partial charge in [0.25, 0.3) is 0 Å². The number of piperidine rings is 1. The van der Waals surface area contributed by atoms with E-state index >= 15 is 0 Å². The van der Waals surface area contributed by atoms with E-state index in [1.807, 2.05) is 0 Å². The van der Waals surface area contributed by atoms with Gasteiger partial charge >= 0.3 is 0 Å². The fourth-order valence-electron chi connectivity index (χ4n) is 2.25. The van der Waals surface area contributed by atoms with Crippen LogP contribution in [0.25, 0.3) is 0 Å². The summed E-state index contributed by atoms with van der Waals surface area (Å²) in [6.07, 6.45) is 2.70. The maximum absolute atomic E-state index is 2.50. The first-order valence-corrected chi connectivity index (χ1v) is 5.45. The lowest BCUT2D eigenvalue weighted by molar-refractivity contribution is 0.0294. The van der Waals surface area contributed by atoms with Crippen molar-refractivity contribution in [2.45, 2.75) is 53.0 Å². The van der Waals surface area contributed by atoms with Crippen LogP contribution in [0, 0.1) is 11.3 Å². The average Bonchev–Trinajstić information content (AvgIpc) is 1.92. The summed E-state index contributed by atoms with van der Waals surface area (Å²) in [6, 6.07) is 0. The zero-order valence-electron chi connectivity index (χ0n) is 10.1. The van der Waals surface area contributed by atoms with Crippen LogP contribution in [0.5, 0.6) is 0 Å². The minimum absolute atomic E-state index is 0.399. The van der Waals surface area contributed by atoms with Crippen LogP contribution in [0.3, 0.4) is 0 Å². The van der Waals surface area contributed by atoms with Gasteiger partial charge in [0.05, 0.1) is 0 Å². The summed E-state index contributed by atoms with van der Waals surface area (Å²) < 4.78 is 0. The lowest BCUT2D eigenvalue weighted by Gasteiger charge is -2.47. The maximum Gasteiger partial charge on any atom is 0.0153 e. The highest BCUT2D eigenvalue weighted by molar-refractivity contribution is 4.91. The van der Waals surface area contributed by atoms with Gasteiger partial charge in [-0.25, -0.2) is 0 Å². The minimum Gasteiger partial charge on any atom is -0.301 e. The predicted molar refractivity (Wildman–Crippen MR) is 58.9 cm³/mol. The van der Waals surface area contributed by atoms with Crippen LogP contribution >= 0.6 is 0 Å². The zero-order valence-corrected chi connectivity index (χ0v) is 10.1. The Balaban J connectivity index is 2.66. The molecule has 1 unspecified atom stereocenters. The van der Waals surface area contributed by atoms with Crippen molar-refractivity contribution in [2.75, 3.05) is 13.6 Å². The molecule has 1 nitrogen and oxygen atoms in total. The van der Waals surface area contributed by atoms with Crippen LogP contribution in [-0.2, 0) is 0 Å². The van der Waals surface area contributed by atoms with Crippen molar-refractivity contribution in [1.82, 2.24) is 4.90 Å². The van der Waals surface area contributed by atoms with Gasteiger partial charge in [0.15, 0.2) is 0 Å². The van der Waals surface area contributed by atoms with Gasteiger partial charge in [-0.2, -0.15) is 0 Å². The summed E-state index contributed by atoms with van der Waals surface area (Å²) in [5.74, 6) is 0.888. The third-order valence-corrected chi connectivity index (χ3v) is 3.82. The van der Waals surface area contributed by atoms with Crippen molar-refractivity contribution >= 4 is 0 Å². The molecule has 0 aliphatic carbocycles. The predicted octanol–water partition coefficient (Wildman–Crippen LogP) is 3.15. The van der Waals surface area contributed by atoms with Crippen LogP contribution in [0.4, 0.5) is 0 Å². The first kappa shape index (κ1) is 11.0. The van der Waals surface area contributed by atoms with Crippen molar-refractivity contribution in [3.05, 3.63) is 0 Å². The maximum atomic E-state index is 2.50. The Hall–Kier alpha value is -0.0400. The molecule has 0 spiro atoms. The van der Waals surface area contributed by atoms with E-state index in [2.05, 4.69) is 46.6 Å². The summed E-state index contributed by atoms with van der Waals surface area (Å²) in [4.78, 5) is 2.50. The van der Waals surface area contributed by atoms with Crippen LogP contribution in [0.1, 0.15) is 47.5 Å². The normalized spacial score (nSPS) is 30.5. The third kappa shape index (κ3) is 2.46. The van der Waals surface area contributed by atoms with Gasteiger partial charge in [-0.05, 0) is 51.6 Å². The van der Waals surface area contributed by atoms with Gasteiger partial charge < -0.3 is 4.90 Å². The molecule has 1 aliphatic heterocycles. The third-order valence-electron chi connectivity index (χ3n) is 3.82. The highest BCUT2D eigenvalue weighted by Crippen LogP contribution is 2.40. The molecule has 1 heterocycles. The van der Waals surface area contributed by atoms with E-state index in [4.69, 9.17) is 0 Å². The first-order chi connectivity index (χ1) is 5.73. The molecule has 1 saturated heterocycles. The second kappa shape index (κ2) is 3.27. The van der Waals surface area contributed by atoms with Crippen LogP contribution < -0.4 is 0 Å². The van der Waals surface area contributed by atoms with Gasteiger partial charge in [0.1, 0.15) is 0 Å². The van der Waals surface area contributed by atoms with E-state index in [-0.39, 0.29) is 0 Å². The molecule has 0 aromatic rings. The highest BCUT2D eigenvalue weighted by Gasteiger charge is 2.37. The summed E-state index contributed by atoms with van der Waals surface area (Å²) >= 11 is 0. The Morgan fingerprint density at radius 2 is 1.77 bits per heavy atom. The fourth-order valence-corrected chi connectivity index (χ4v) is 2.25. The summed E-state index contributed by atoms with van der Waals surface area (Å²) in [7, 11) is 2.25. The van der Waals surface area contributed by atoms with E-state index in [1.165, 1.54) is 19.4 Å². The second-order valence-electron chi connectivity index (χ2n) is 6.29. The van der Waals surface area contributed by atoms with E-state index < -0.39 is 0 Å². The van der Waals surface area contributed by atoms with E-state index in [0.29, 0.717) is 11.0 Å². The number of nitrogens with zero attached hydrogens (tertiary/aromatic N) is 1. The average molecular weight is 183 g/mol. The molecular weight excluding hydrogens is 158 g/mol. The Morgan fingerprint density at radius 1 is 1.23 bits per heavy atom. The standard InChI is InChI=1S/C12H25N/c1-11(2,3)10-7-8-13(6)12(4,5)9-10/h10H,7-9H2,1-6H3. The summed E-state index contributed by atoms with van der Waals surface area (Å²) in [5.41, 5.74) is 0.884. The van der Waals surface area contributed by atoms with Crippen LogP contribution in [0.2, 0.25) is 0 Å². The van der Waals surface area contributed by atoms with Crippen LogP contribution in [0.15, 0.2) is 0 Å². The first-order valence-electron chi connectivity index (χ1n) is 5.45. The molecule has 1 aliphatic rings. The van der Waals surface area contributed by atoms with Crippen molar-refractivity contribution in [2.24, 2.45) is 11.3 Å². The number of hydrogen-bond donors (Lipinski definition) is 0. The molecule has 13 heavy (non-hydrogen) atoms. The molecule has 0 N–H and O–H groups in total.